The van der Waals surface area contributed by atoms with E-state index in [1.165, 1.54) is 6.07 Å². The number of aliphatic imine (C=N–C) groups is 1. The van der Waals surface area contributed by atoms with Gasteiger partial charge in [0.2, 0.25) is 0 Å². The number of aromatic hydroxyl groups is 1. The molecule has 4 aromatic rings. The second kappa shape index (κ2) is 7.96. The number of aliphatic hydroxyl groups is 1. The fraction of sp³-hybridized carbons (Fsp3) is 0.261. The molecular formula is C23H24FN5O2. The lowest BCUT2D eigenvalue weighted by Crippen LogP contribution is -2.13. The molecule has 8 heteroatoms. The van der Waals surface area contributed by atoms with Crippen molar-refractivity contribution in [1.29, 1.82) is 0 Å². The summed E-state index contributed by atoms with van der Waals surface area (Å²) in [4.78, 5) is 11.8. The minimum Gasteiger partial charge on any atom is -0.494 e. The maximum atomic E-state index is 14.5. The van der Waals surface area contributed by atoms with Crippen LogP contribution in [-0.4, -0.2) is 41.8 Å². The standard InChI is InChI=1S/C23H24FN5O2/c1-12-6-5-7-17(24)21(12)18-9-16-19(10-25-18)27-23(31)22(16)15(4)26-20-8-13(2)29(28-20)11-14(3)30/h5-10,14,27,30-31H,11H2,1-4H3/t14-/m0/s1. The number of nitrogens with one attached hydrogen (secondary N) is 1. The van der Waals surface area contributed by atoms with Crippen molar-refractivity contribution in [3.63, 3.8) is 0 Å². The van der Waals surface area contributed by atoms with Crippen LogP contribution >= 0.6 is 0 Å². The smallest absolute Gasteiger partial charge is 0.198 e. The van der Waals surface area contributed by atoms with E-state index >= 15 is 0 Å². The van der Waals surface area contributed by atoms with Gasteiger partial charge in [0.15, 0.2) is 11.7 Å². The third kappa shape index (κ3) is 3.94. The highest BCUT2D eigenvalue weighted by Crippen LogP contribution is 2.33. The zero-order valence-electron chi connectivity index (χ0n) is 17.8. The molecule has 31 heavy (non-hydrogen) atoms. The van der Waals surface area contributed by atoms with Crippen LogP contribution in [0.1, 0.15) is 30.7 Å². The Hall–Kier alpha value is -3.52. The Kier molecular flexibility index (Phi) is 5.32. The van der Waals surface area contributed by atoms with Gasteiger partial charge in [-0.1, -0.05) is 12.1 Å². The molecule has 3 aromatic heterocycles. The molecule has 0 aliphatic heterocycles. The lowest BCUT2D eigenvalue weighted by atomic mass is 10.0. The van der Waals surface area contributed by atoms with Crippen molar-refractivity contribution in [1.82, 2.24) is 19.7 Å². The second-order valence-corrected chi connectivity index (χ2v) is 7.77. The van der Waals surface area contributed by atoms with Gasteiger partial charge in [0.1, 0.15) is 5.82 Å². The van der Waals surface area contributed by atoms with Crippen LogP contribution in [0, 0.1) is 19.7 Å². The van der Waals surface area contributed by atoms with E-state index in [-0.39, 0.29) is 11.7 Å². The molecule has 4 rings (SSSR count). The number of fused-ring (bicyclic) bond motifs is 1. The Morgan fingerprint density at radius 3 is 2.77 bits per heavy atom. The lowest BCUT2D eigenvalue weighted by Gasteiger charge is -2.07. The summed E-state index contributed by atoms with van der Waals surface area (Å²) >= 11 is 0. The molecular weight excluding hydrogens is 397 g/mol. The summed E-state index contributed by atoms with van der Waals surface area (Å²) in [5.41, 5.74) is 4.24. The summed E-state index contributed by atoms with van der Waals surface area (Å²) in [5, 5.41) is 25.3. The van der Waals surface area contributed by atoms with E-state index in [2.05, 4.69) is 20.1 Å². The molecule has 1 aromatic carbocycles. The van der Waals surface area contributed by atoms with Gasteiger partial charge in [0.05, 0.1) is 41.3 Å². The van der Waals surface area contributed by atoms with E-state index in [9.17, 15) is 14.6 Å². The van der Waals surface area contributed by atoms with Crippen LogP contribution in [0.15, 0.2) is 41.5 Å². The van der Waals surface area contributed by atoms with Gasteiger partial charge in [-0.3, -0.25) is 9.67 Å². The Balaban J connectivity index is 1.80. The number of aromatic nitrogens is 4. The van der Waals surface area contributed by atoms with Gasteiger partial charge in [-0.2, -0.15) is 5.10 Å². The van der Waals surface area contributed by atoms with E-state index in [1.54, 1.807) is 36.9 Å². The number of aromatic amines is 1. The minimum absolute atomic E-state index is 0.0411. The molecule has 7 nitrogen and oxygen atoms in total. The van der Waals surface area contributed by atoms with Gasteiger partial charge >= 0.3 is 0 Å². The lowest BCUT2D eigenvalue weighted by molar-refractivity contribution is 0.167. The van der Waals surface area contributed by atoms with Gasteiger partial charge < -0.3 is 15.2 Å². The van der Waals surface area contributed by atoms with Gasteiger partial charge in [0.25, 0.3) is 0 Å². The van der Waals surface area contributed by atoms with Gasteiger partial charge in [-0.05, 0) is 45.4 Å². The molecule has 0 aliphatic carbocycles. The summed E-state index contributed by atoms with van der Waals surface area (Å²) < 4.78 is 16.2. The molecule has 3 N–H and O–H groups in total. The number of benzene rings is 1. The van der Waals surface area contributed by atoms with Crippen molar-refractivity contribution in [2.24, 2.45) is 4.99 Å². The third-order valence-corrected chi connectivity index (χ3v) is 5.19. The SMILES string of the molecule is CC(=Nc1cc(C)n(C[C@H](C)O)n1)c1c(O)[nH]c2cnc(-c3c(C)cccc3F)cc12. The molecule has 0 amide bonds. The number of hydrogen-bond donors (Lipinski definition) is 3. The molecule has 0 fully saturated rings. The highest BCUT2D eigenvalue weighted by Gasteiger charge is 2.18. The molecule has 0 spiro atoms. The third-order valence-electron chi connectivity index (χ3n) is 5.19. The minimum atomic E-state index is -0.526. The summed E-state index contributed by atoms with van der Waals surface area (Å²) in [6.07, 6.45) is 1.05. The predicted octanol–water partition coefficient (Wildman–Crippen LogP) is 4.41. The highest BCUT2D eigenvalue weighted by atomic mass is 19.1. The van der Waals surface area contributed by atoms with Gasteiger partial charge in [-0.25, -0.2) is 9.38 Å². The van der Waals surface area contributed by atoms with Crippen molar-refractivity contribution in [3.8, 4) is 17.1 Å². The Labute approximate surface area is 178 Å². The fourth-order valence-corrected chi connectivity index (χ4v) is 3.75. The number of rotatable bonds is 5. The zero-order valence-corrected chi connectivity index (χ0v) is 17.8. The summed E-state index contributed by atoms with van der Waals surface area (Å²) in [6, 6.07) is 8.46. The summed E-state index contributed by atoms with van der Waals surface area (Å²) in [6.45, 7) is 7.57. The van der Waals surface area contributed by atoms with Crippen LogP contribution in [0.3, 0.4) is 0 Å². The predicted molar refractivity (Wildman–Crippen MR) is 118 cm³/mol. The summed E-state index contributed by atoms with van der Waals surface area (Å²) in [7, 11) is 0. The number of H-pyrrole nitrogens is 1. The average Bonchev–Trinajstić information content (AvgIpc) is 3.19. The van der Waals surface area contributed by atoms with E-state index in [0.717, 1.165) is 11.3 Å². The topological polar surface area (TPSA) is 99.3 Å². The first-order valence-corrected chi connectivity index (χ1v) is 9.99. The molecule has 0 bridgehead atoms. The second-order valence-electron chi connectivity index (χ2n) is 7.77. The Morgan fingerprint density at radius 1 is 1.29 bits per heavy atom. The van der Waals surface area contributed by atoms with Crippen LogP contribution in [0.2, 0.25) is 0 Å². The first-order valence-electron chi connectivity index (χ1n) is 9.99. The van der Waals surface area contributed by atoms with Crippen LogP contribution in [0.4, 0.5) is 10.2 Å². The molecule has 0 unspecified atom stereocenters. The van der Waals surface area contributed by atoms with Gasteiger partial charge in [0, 0.05) is 22.7 Å². The molecule has 160 valence electrons. The molecule has 0 saturated carbocycles. The van der Waals surface area contributed by atoms with Crippen molar-refractivity contribution >= 4 is 22.4 Å². The molecule has 0 radical (unpaired) electrons. The van der Waals surface area contributed by atoms with Crippen LogP contribution in [0.5, 0.6) is 5.88 Å². The Bertz CT molecular complexity index is 1280. The number of halogens is 1. The number of aryl methyl sites for hydroxylation is 2. The number of aliphatic hydroxyl groups excluding tert-OH is 1. The number of hydrogen-bond acceptors (Lipinski definition) is 5. The van der Waals surface area contributed by atoms with Gasteiger partial charge in [-0.15, -0.1) is 0 Å². The fourth-order valence-electron chi connectivity index (χ4n) is 3.75. The average molecular weight is 421 g/mol. The van der Waals surface area contributed by atoms with E-state index < -0.39 is 6.10 Å². The van der Waals surface area contributed by atoms with Crippen molar-refractivity contribution < 1.29 is 14.6 Å². The van der Waals surface area contributed by atoms with Crippen molar-refractivity contribution in [2.75, 3.05) is 0 Å². The van der Waals surface area contributed by atoms with Crippen LogP contribution in [-0.2, 0) is 6.54 Å². The van der Waals surface area contributed by atoms with E-state index in [1.807, 2.05) is 26.0 Å². The normalized spacial score (nSPS) is 13.2. The molecule has 0 aliphatic rings. The largest absolute Gasteiger partial charge is 0.494 e. The first-order chi connectivity index (χ1) is 14.7. The summed E-state index contributed by atoms with van der Waals surface area (Å²) in [5.74, 6) is 0.0851. The monoisotopic (exact) mass is 421 g/mol. The molecule has 1 atom stereocenters. The Morgan fingerprint density at radius 2 is 2.06 bits per heavy atom. The van der Waals surface area contributed by atoms with Crippen LogP contribution < -0.4 is 0 Å². The van der Waals surface area contributed by atoms with Crippen molar-refractivity contribution in [2.45, 2.75) is 40.3 Å². The van der Waals surface area contributed by atoms with Crippen LogP contribution in [0.25, 0.3) is 22.2 Å². The number of nitrogens with zero attached hydrogens (tertiary/aromatic N) is 4. The van der Waals surface area contributed by atoms with E-state index in [4.69, 9.17) is 0 Å². The number of pyridine rings is 1. The van der Waals surface area contributed by atoms with E-state index in [0.29, 0.717) is 45.8 Å². The highest BCUT2D eigenvalue weighted by molar-refractivity contribution is 6.13. The van der Waals surface area contributed by atoms with Crippen molar-refractivity contribution in [3.05, 3.63) is 59.2 Å². The first kappa shape index (κ1) is 20.7. The zero-order chi connectivity index (χ0) is 22.3. The molecule has 0 saturated heterocycles. The quantitative estimate of drug-likeness (QED) is 0.416. The maximum absolute atomic E-state index is 14.5. The molecule has 3 heterocycles. The maximum Gasteiger partial charge on any atom is 0.198 e.